The molecular weight excluding hydrogens is 369 g/mol. The largest absolute Gasteiger partial charge is 0.503 e. The average molecular weight is 382 g/mol. The van der Waals surface area contributed by atoms with Crippen LogP contribution in [0.15, 0.2) is 41.5 Å². The number of benzene rings is 2. The summed E-state index contributed by atoms with van der Waals surface area (Å²) < 4.78 is 4.95. The molecule has 0 aliphatic rings. The summed E-state index contributed by atoms with van der Waals surface area (Å²) in [5.41, 5.74) is 2.83. The van der Waals surface area contributed by atoms with Crippen molar-refractivity contribution in [2.24, 2.45) is 5.10 Å². The van der Waals surface area contributed by atoms with E-state index in [2.05, 4.69) is 15.8 Å². The molecule has 0 saturated heterocycles. The first-order chi connectivity index (χ1) is 11.9. The molecule has 2 rings (SSSR count). The van der Waals surface area contributed by atoms with Crippen molar-refractivity contribution < 1.29 is 19.4 Å². The van der Waals surface area contributed by atoms with Gasteiger partial charge in [-0.1, -0.05) is 35.3 Å². The van der Waals surface area contributed by atoms with Crippen LogP contribution in [0.3, 0.4) is 0 Å². The molecule has 0 aliphatic carbocycles. The number of aromatic hydroxyl groups is 1. The Morgan fingerprint density at radius 3 is 2.56 bits per heavy atom. The van der Waals surface area contributed by atoms with Gasteiger partial charge in [0.25, 0.3) is 0 Å². The summed E-state index contributed by atoms with van der Waals surface area (Å²) in [6, 6.07) is 9.37. The fourth-order valence-electron chi connectivity index (χ4n) is 1.78. The Bertz CT molecular complexity index is 840. The summed E-state index contributed by atoms with van der Waals surface area (Å²) in [6.45, 7) is 0. The van der Waals surface area contributed by atoms with Crippen LogP contribution in [0.5, 0.6) is 11.5 Å². The van der Waals surface area contributed by atoms with Gasteiger partial charge in [-0.2, -0.15) is 5.10 Å². The first kappa shape index (κ1) is 18.6. The third-order valence-corrected chi connectivity index (χ3v) is 3.60. The number of nitrogens with zero attached hydrogens (tertiary/aromatic N) is 1. The van der Waals surface area contributed by atoms with E-state index in [1.807, 2.05) is 0 Å². The highest BCUT2D eigenvalue weighted by Gasteiger charge is 2.14. The summed E-state index contributed by atoms with van der Waals surface area (Å²) in [4.78, 5) is 23.5. The molecule has 0 spiro atoms. The topological polar surface area (TPSA) is 100 Å². The normalized spacial score (nSPS) is 10.5. The Morgan fingerprint density at radius 2 is 1.88 bits per heavy atom. The second-order valence-electron chi connectivity index (χ2n) is 4.69. The summed E-state index contributed by atoms with van der Waals surface area (Å²) in [7, 11) is 1.37. The van der Waals surface area contributed by atoms with E-state index < -0.39 is 11.8 Å². The van der Waals surface area contributed by atoms with Crippen LogP contribution >= 0.6 is 23.2 Å². The molecular formula is C16H13Cl2N3O4. The standard InChI is InChI=1S/C16H13Cl2N3O4/c1-25-13-7-9(6-11(18)14(13)22)8-19-21-16(24)15(23)20-12-5-3-2-4-10(12)17/h2-8,22H,1H3,(H,20,23)(H,21,24)/b19-8-. The first-order valence-corrected chi connectivity index (χ1v) is 7.63. The Hall–Kier alpha value is -2.77. The number of hydrogen-bond donors (Lipinski definition) is 3. The number of phenols is 1. The number of hydrazone groups is 1. The number of amides is 2. The molecule has 0 unspecified atom stereocenters. The second-order valence-corrected chi connectivity index (χ2v) is 5.50. The predicted octanol–water partition coefficient (Wildman–Crippen LogP) is 2.80. The van der Waals surface area contributed by atoms with Gasteiger partial charge in [0, 0.05) is 0 Å². The highest BCUT2D eigenvalue weighted by Crippen LogP contribution is 2.34. The first-order valence-electron chi connectivity index (χ1n) is 6.87. The zero-order valence-electron chi connectivity index (χ0n) is 12.9. The molecule has 0 aliphatic heterocycles. The summed E-state index contributed by atoms with van der Waals surface area (Å²) >= 11 is 11.7. The van der Waals surface area contributed by atoms with Crippen molar-refractivity contribution in [1.29, 1.82) is 0 Å². The molecule has 25 heavy (non-hydrogen) atoms. The van der Waals surface area contributed by atoms with Crippen molar-refractivity contribution in [3.8, 4) is 11.5 Å². The van der Waals surface area contributed by atoms with Gasteiger partial charge in [0.2, 0.25) is 0 Å². The number of halogens is 2. The molecule has 0 atom stereocenters. The van der Waals surface area contributed by atoms with Crippen molar-refractivity contribution in [2.75, 3.05) is 12.4 Å². The molecule has 0 fully saturated rings. The molecule has 0 saturated carbocycles. The zero-order valence-corrected chi connectivity index (χ0v) is 14.4. The van der Waals surface area contributed by atoms with Crippen LogP contribution in [0.4, 0.5) is 5.69 Å². The molecule has 2 aromatic rings. The SMILES string of the molecule is COc1cc(/C=N\NC(=O)C(=O)Nc2ccccc2Cl)cc(Cl)c1O. The number of nitrogens with one attached hydrogen (secondary N) is 2. The van der Waals surface area contributed by atoms with Gasteiger partial charge < -0.3 is 15.2 Å². The summed E-state index contributed by atoms with van der Waals surface area (Å²) in [5, 5.41) is 16.0. The monoisotopic (exact) mass is 381 g/mol. The zero-order chi connectivity index (χ0) is 18.4. The van der Waals surface area contributed by atoms with Crippen LogP contribution in [-0.4, -0.2) is 30.2 Å². The fourth-order valence-corrected chi connectivity index (χ4v) is 2.18. The maximum Gasteiger partial charge on any atom is 0.329 e. The number of carbonyl (C=O) groups excluding carboxylic acids is 2. The molecule has 0 aromatic heterocycles. The van der Waals surface area contributed by atoms with Crippen LogP contribution in [0.25, 0.3) is 0 Å². The quantitative estimate of drug-likeness (QED) is 0.430. The van der Waals surface area contributed by atoms with Crippen molar-refractivity contribution in [2.45, 2.75) is 0 Å². The van der Waals surface area contributed by atoms with Crippen LogP contribution in [0.1, 0.15) is 5.56 Å². The van der Waals surface area contributed by atoms with Gasteiger partial charge in [0.05, 0.1) is 29.1 Å². The van der Waals surface area contributed by atoms with Crippen LogP contribution < -0.4 is 15.5 Å². The maximum atomic E-state index is 11.8. The van der Waals surface area contributed by atoms with Crippen molar-refractivity contribution in [1.82, 2.24) is 5.43 Å². The minimum atomic E-state index is -0.979. The maximum absolute atomic E-state index is 11.8. The smallest absolute Gasteiger partial charge is 0.329 e. The van der Waals surface area contributed by atoms with E-state index >= 15 is 0 Å². The van der Waals surface area contributed by atoms with Crippen LogP contribution in [-0.2, 0) is 9.59 Å². The number of phenolic OH excluding ortho intramolecular Hbond substituents is 1. The van der Waals surface area contributed by atoms with Gasteiger partial charge in [0.15, 0.2) is 11.5 Å². The lowest BCUT2D eigenvalue weighted by molar-refractivity contribution is -0.136. The van der Waals surface area contributed by atoms with Gasteiger partial charge in [-0.15, -0.1) is 0 Å². The number of carbonyl (C=O) groups is 2. The van der Waals surface area contributed by atoms with Crippen molar-refractivity contribution in [3.05, 3.63) is 52.0 Å². The number of anilines is 1. The lowest BCUT2D eigenvalue weighted by atomic mass is 10.2. The van der Waals surface area contributed by atoms with E-state index in [9.17, 15) is 14.7 Å². The molecule has 3 N–H and O–H groups in total. The molecule has 130 valence electrons. The molecule has 0 heterocycles. The van der Waals surface area contributed by atoms with E-state index in [4.69, 9.17) is 27.9 Å². The van der Waals surface area contributed by atoms with Crippen LogP contribution in [0, 0.1) is 0 Å². The third kappa shape index (κ3) is 4.85. The second kappa shape index (κ2) is 8.36. The lowest BCUT2D eigenvalue weighted by Crippen LogP contribution is -2.32. The van der Waals surface area contributed by atoms with E-state index in [1.54, 1.807) is 24.3 Å². The number of para-hydroxylation sites is 1. The van der Waals surface area contributed by atoms with E-state index in [0.717, 1.165) is 0 Å². The number of rotatable bonds is 4. The summed E-state index contributed by atoms with van der Waals surface area (Å²) in [6.07, 6.45) is 1.24. The van der Waals surface area contributed by atoms with Gasteiger partial charge in [-0.25, -0.2) is 5.43 Å². The van der Waals surface area contributed by atoms with E-state index in [0.29, 0.717) is 16.3 Å². The Kier molecular flexibility index (Phi) is 6.21. The third-order valence-electron chi connectivity index (χ3n) is 2.98. The van der Waals surface area contributed by atoms with Crippen LogP contribution in [0.2, 0.25) is 10.0 Å². The minimum absolute atomic E-state index is 0.0589. The van der Waals surface area contributed by atoms with Crippen molar-refractivity contribution >= 4 is 46.9 Å². The van der Waals surface area contributed by atoms with E-state index in [1.165, 1.54) is 25.5 Å². The predicted molar refractivity (Wildman–Crippen MR) is 95.5 cm³/mol. The summed E-state index contributed by atoms with van der Waals surface area (Å²) in [5.74, 6) is -1.96. The average Bonchev–Trinajstić information content (AvgIpc) is 2.59. The number of hydrogen-bond acceptors (Lipinski definition) is 5. The number of methoxy groups -OCH3 is 1. The van der Waals surface area contributed by atoms with Gasteiger partial charge >= 0.3 is 11.8 Å². The fraction of sp³-hybridized carbons (Fsp3) is 0.0625. The van der Waals surface area contributed by atoms with Crippen molar-refractivity contribution in [3.63, 3.8) is 0 Å². The van der Waals surface area contributed by atoms with Gasteiger partial charge in [-0.05, 0) is 29.8 Å². The Labute approximate surface area is 153 Å². The molecule has 0 bridgehead atoms. The molecule has 0 radical (unpaired) electrons. The Morgan fingerprint density at radius 1 is 1.16 bits per heavy atom. The number of ether oxygens (including phenoxy) is 1. The van der Waals surface area contributed by atoms with E-state index in [-0.39, 0.29) is 16.5 Å². The molecule has 7 nitrogen and oxygen atoms in total. The molecule has 9 heteroatoms. The van der Waals surface area contributed by atoms with Gasteiger partial charge in [-0.3, -0.25) is 9.59 Å². The van der Waals surface area contributed by atoms with Gasteiger partial charge in [0.1, 0.15) is 0 Å². The highest BCUT2D eigenvalue weighted by molar-refractivity contribution is 6.41. The molecule has 2 amide bonds. The lowest BCUT2D eigenvalue weighted by Gasteiger charge is -2.06. The highest BCUT2D eigenvalue weighted by atomic mass is 35.5. The molecule has 2 aromatic carbocycles. The minimum Gasteiger partial charge on any atom is -0.503 e. The Balaban J connectivity index is 1.99.